The highest BCUT2D eigenvalue weighted by Crippen LogP contribution is 2.42. The number of hydrogen-bond donors (Lipinski definition) is 0. The second-order valence-corrected chi connectivity index (χ2v) is 13.7. The molecule has 7 aromatic carbocycles. The van der Waals surface area contributed by atoms with Gasteiger partial charge in [0.25, 0.3) is 6.71 Å². The normalized spacial score (nSPS) is 13.1. The summed E-state index contributed by atoms with van der Waals surface area (Å²) < 4.78 is 18.6. The van der Waals surface area contributed by atoms with Crippen molar-refractivity contribution < 1.29 is 8.83 Å². The molecule has 0 spiro atoms. The lowest BCUT2D eigenvalue weighted by Crippen LogP contribution is -2.59. The number of fused-ring (bicyclic) bond motifs is 12. The average Bonchev–Trinajstić information content (AvgIpc) is 3.96. The summed E-state index contributed by atoms with van der Waals surface area (Å²) in [5.74, 6) is 1.81. The fourth-order valence-corrected chi connectivity index (χ4v) is 9.13. The van der Waals surface area contributed by atoms with E-state index in [1.807, 2.05) is 12.1 Å². The Hall–Kier alpha value is -6.86. The molecule has 0 atom stereocenters. The highest BCUT2D eigenvalue weighted by atomic mass is 16.3. The Morgan fingerprint density at radius 2 is 0.882 bits per heavy atom. The van der Waals surface area contributed by atoms with Crippen molar-refractivity contribution in [2.45, 2.75) is 0 Å². The predicted molar refractivity (Wildman–Crippen MR) is 206 cm³/mol. The highest BCUT2D eigenvalue weighted by Gasteiger charge is 2.45. The summed E-state index contributed by atoms with van der Waals surface area (Å²) in [7, 11) is 0. The van der Waals surface area contributed by atoms with Gasteiger partial charge in [-0.3, -0.25) is 9.13 Å². The Bertz CT molecular complexity index is 3100. The monoisotopic (exact) mass is 650 g/mol. The largest absolute Gasteiger partial charge is 0.457 e. The molecule has 0 bridgehead atoms. The smallest absolute Gasteiger partial charge is 0.262 e. The van der Waals surface area contributed by atoms with Crippen LogP contribution in [0.1, 0.15) is 0 Å². The zero-order valence-electron chi connectivity index (χ0n) is 27.0. The molecule has 0 amide bonds. The molecule has 4 aromatic heterocycles. The molecular weight excluding hydrogens is 627 g/mol. The minimum Gasteiger partial charge on any atom is -0.457 e. The third-order valence-corrected chi connectivity index (χ3v) is 11.1. The Morgan fingerprint density at radius 1 is 0.431 bits per heavy atom. The van der Waals surface area contributed by atoms with E-state index >= 15 is 0 Å². The molecule has 51 heavy (non-hydrogen) atoms. The van der Waals surface area contributed by atoms with Gasteiger partial charge in [0, 0.05) is 44.0 Å². The molecule has 2 aliphatic heterocycles. The van der Waals surface area contributed by atoms with Crippen LogP contribution in [-0.4, -0.2) is 25.8 Å². The molecule has 234 valence electrons. The van der Waals surface area contributed by atoms with E-state index in [9.17, 15) is 0 Å². The number of rotatable bonds is 2. The molecule has 11 aromatic rings. The number of hydrogen-bond acceptors (Lipinski definition) is 4. The molecule has 0 N–H and O–H groups in total. The van der Waals surface area contributed by atoms with Crippen LogP contribution in [0.15, 0.2) is 148 Å². The quantitative estimate of drug-likeness (QED) is 0.176. The molecule has 7 heteroatoms. The molecule has 0 saturated heterocycles. The van der Waals surface area contributed by atoms with Crippen LogP contribution in [0, 0.1) is 0 Å². The number of nitrogens with zero attached hydrogens (tertiary/aromatic N) is 4. The first-order valence-electron chi connectivity index (χ1n) is 17.3. The van der Waals surface area contributed by atoms with Crippen LogP contribution in [0.3, 0.4) is 0 Å². The number of para-hydroxylation sites is 2. The minimum absolute atomic E-state index is 0.213. The summed E-state index contributed by atoms with van der Waals surface area (Å²) in [6.07, 6.45) is 0. The third-order valence-electron chi connectivity index (χ3n) is 11.1. The molecule has 0 aliphatic carbocycles. The third kappa shape index (κ3) is 3.11. The van der Waals surface area contributed by atoms with E-state index in [-0.39, 0.29) is 6.71 Å². The van der Waals surface area contributed by atoms with Crippen LogP contribution in [0.25, 0.3) is 100 Å². The number of furan rings is 2. The van der Waals surface area contributed by atoms with Gasteiger partial charge >= 0.3 is 0 Å². The van der Waals surface area contributed by atoms with E-state index in [0.29, 0.717) is 0 Å². The summed E-state index contributed by atoms with van der Waals surface area (Å²) in [6, 6.07) is 48.8. The maximum absolute atomic E-state index is 6.93. The van der Waals surface area contributed by atoms with Crippen molar-refractivity contribution in [2.24, 2.45) is 0 Å². The average molecular weight is 651 g/mol. The van der Waals surface area contributed by atoms with E-state index in [2.05, 4.69) is 137 Å². The second-order valence-electron chi connectivity index (χ2n) is 13.7. The van der Waals surface area contributed by atoms with E-state index in [1.54, 1.807) is 0 Å². The summed E-state index contributed by atoms with van der Waals surface area (Å²) in [6.45, 7) is -0.213. The maximum atomic E-state index is 6.93. The zero-order valence-corrected chi connectivity index (χ0v) is 27.0. The first kappa shape index (κ1) is 26.1. The van der Waals surface area contributed by atoms with Gasteiger partial charge in [-0.2, -0.15) is 0 Å². The zero-order chi connectivity index (χ0) is 32.9. The summed E-state index contributed by atoms with van der Waals surface area (Å²) in [4.78, 5) is 10.9. The van der Waals surface area contributed by atoms with Gasteiger partial charge in [0.05, 0.1) is 22.1 Å². The topological polar surface area (TPSA) is 61.9 Å². The van der Waals surface area contributed by atoms with Crippen molar-refractivity contribution in [1.29, 1.82) is 0 Å². The molecule has 0 fully saturated rings. The molecular formula is C44H23BN4O2. The Kier molecular flexibility index (Phi) is 4.61. The predicted octanol–water partition coefficient (Wildman–Crippen LogP) is 8.64. The first-order valence-corrected chi connectivity index (χ1v) is 17.3. The lowest BCUT2D eigenvalue weighted by Gasteiger charge is -2.33. The van der Waals surface area contributed by atoms with Crippen LogP contribution in [0.4, 0.5) is 0 Å². The van der Waals surface area contributed by atoms with Gasteiger partial charge in [0.15, 0.2) is 0 Å². The summed E-state index contributed by atoms with van der Waals surface area (Å²) in [5.41, 5.74) is 15.2. The Balaban J connectivity index is 1.30. The number of imidazole rings is 2. The van der Waals surface area contributed by atoms with Crippen molar-refractivity contribution in [1.82, 2.24) is 19.1 Å². The SMILES string of the molecule is c1ccc(-c2nc3cc4c(oc5ccccc54)c4c3n2-c2cccc3c2B4c2c4oc5ccccc5c4cc4nc(-c5ccccc5)n-3c24)cc1. The van der Waals surface area contributed by atoms with Crippen LogP contribution >= 0.6 is 0 Å². The van der Waals surface area contributed by atoms with Gasteiger partial charge in [-0.15, -0.1) is 0 Å². The van der Waals surface area contributed by atoms with Crippen LogP contribution in [0.2, 0.25) is 0 Å². The van der Waals surface area contributed by atoms with E-state index in [4.69, 9.17) is 18.8 Å². The first-order chi connectivity index (χ1) is 25.3. The van der Waals surface area contributed by atoms with Gasteiger partial charge in [-0.05, 0) is 52.8 Å². The van der Waals surface area contributed by atoms with Crippen molar-refractivity contribution in [3.05, 3.63) is 140 Å². The fourth-order valence-electron chi connectivity index (χ4n) is 9.13. The molecule has 13 rings (SSSR count). The Labute approximate surface area is 289 Å². The molecule has 0 saturated carbocycles. The van der Waals surface area contributed by atoms with E-state index in [0.717, 1.165) is 111 Å². The van der Waals surface area contributed by atoms with Crippen molar-refractivity contribution >= 4 is 89.0 Å². The molecule has 0 radical (unpaired) electrons. The van der Waals surface area contributed by atoms with Crippen LogP contribution < -0.4 is 16.4 Å². The fraction of sp³-hybridized carbons (Fsp3) is 0. The molecule has 6 heterocycles. The molecule has 0 unspecified atom stereocenters. The second kappa shape index (κ2) is 9.03. The standard InChI is InChI=1S/C44H23BN4O2/c1-3-12-24(13-4-1)43-46-30-22-28-26-16-7-9-20-34(26)50-41(28)37-39(30)48(43)32-18-11-19-33-36(32)45(37)38-40-31(47-44(49(33)40)25-14-5-2-6-15-25)23-29-27-17-8-10-21-35(27)51-42(29)38/h1-23H. The molecule has 2 aliphatic rings. The summed E-state index contributed by atoms with van der Waals surface area (Å²) in [5, 5.41) is 4.30. The van der Waals surface area contributed by atoms with Gasteiger partial charge in [-0.25, -0.2) is 9.97 Å². The van der Waals surface area contributed by atoms with Crippen molar-refractivity contribution in [3.63, 3.8) is 0 Å². The van der Waals surface area contributed by atoms with Gasteiger partial charge in [0.1, 0.15) is 34.0 Å². The minimum atomic E-state index is -0.213. The number of benzene rings is 7. The van der Waals surface area contributed by atoms with Crippen LogP contribution in [0.5, 0.6) is 0 Å². The van der Waals surface area contributed by atoms with Gasteiger partial charge in [0.2, 0.25) is 0 Å². The van der Waals surface area contributed by atoms with Crippen molar-refractivity contribution in [3.8, 4) is 34.2 Å². The maximum Gasteiger partial charge on any atom is 0.262 e. The van der Waals surface area contributed by atoms with Crippen LogP contribution in [-0.2, 0) is 0 Å². The Morgan fingerprint density at radius 3 is 1.37 bits per heavy atom. The summed E-state index contributed by atoms with van der Waals surface area (Å²) >= 11 is 0. The van der Waals surface area contributed by atoms with Crippen molar-refractivity contribution in [2.75, 3.05) is 0 Å². The lowest BCUT2D eigenvalue weighted by atomic mass is 9.34. The van der Waals surface area contributed by atoms with E-state index in [1.165, 1.54) is 5.46 Å². The lowest BCUT2D eigenvalue weighted by molar-refractivity contribution is 0.671. The highest BCUT2D eigenvalue weighted by molar-refractivity contribution is 7.02. The molecule has 6 nitrogen and oxygen atoms in total. The van der Waals surface area contributed by atoms with Gasteiger partial charge in [-0.1, -0.05) is 103 Å². The van der Waals surface area contributed by atoms with E-state index < -0.39 is 0 Å². The number of aromatic nitrogens is 4. The van der Waals surface area contributed by atoms with Gasteiger partial charge < -0.3 is 8.83 Å².